The van der Waals surface area contributed by atoms with E-state index in [0.29, 0.717) is 18.0 Å². The molecule has 0 saturated heterocycles. The highest BCUT2D eigenvalue weighted by molar-refractivity contribution is 5.77. The van der Waals surface area contributed by atoms with Gasteiger partial charge in [0.25, 0.3) is 5.56 Å². The molecule has 9 heteroatoms. The number of hydrogen-bond donors (Lipinski definition) is 2. The fraction of sp³-hybridized carbons (Fsp3) is 0.292. The molecule has 172 valence electrons. The molecule has 0 fully saturated rings. The zero-order chi connectivity index (χ0) is 23.5. The van der Waals surface area contributed by atoms with Gasteiger partial charge in [-0.25, -0.2) is 14.2 Å². The minimum atomic E-state index is -0.821. The number of halogens is 1. The molecule has 0 aliphatic rings. The molecule has 0 saturated carbocycles. The number of benzene rings is 2. The van der Waals surface area contributed by atoms with Gasteiger partial charge in [-0.3, -0.25) is 14.3 Å². The second-order valence-corrected chi connectivity index (χ2v) is 7.97. The van der Waals surface area contributed by atoms with Crippen molar-refractivity contribution in [1.82, 2.24) is 19.1 Å². The molecule has 33 heavy (non-hydrogen) atoms. The number of nitrogens with zero attached hydrogens (tertiary/aromatic N) is 3. The van der Waals surface area contributed by atoms with Crippen molar-refractivity contribution in [3.05, 3.63) is 80.7 Å². The monoisotopic (exact) mass is 452 g/mol. The van der Waals surface area contributed by atoms with E-state index in [2.05, 4.69) is 9.97 Å². The van der Waals surface area contributed by atoms with Gasteiger partial charge in [-0.05, 0) is 43.5 Å². The number of hydrogen-bond acceptors (Lipinski definition) is 5. The van der Waals surface area contributed by atoms with Crippen molar-refractivity contribution in [2.45, 2.75) is 32.4 Å². The molecule has 8 nitrogen and oxygen atoms in total. The second-order valence-electron chi connectivity index (χ2n) is 7.97. The Hall–Kier alpha value is -3.72. The number of fused-ring (bicyclic) bond motifs is 1. The maximum Gasteiger partial charge on any atom is 0.330 e. The molecule has 0 aliphatic carbocycles. The van der Waals surface area contributed by atoms with E-state index in [0.717, 1.165) is 12.8 Å². The van der Waals surface area contributed by atoms with Crippen LogP contribution in [0.15, 0.2) is 58.1 Å². The number of aliphatic hydroxyl groups is 1. The molecule has 4 rings (SSSR count). The summed E-state index contributed by atoms with van der Waals surface area (Å²) in [7, 11) is 1.61. The zero-order valence-electron chi connectivity index (χ0n) is 18.4. The van der Waals surface area contributed by atoms with E-state index in [1.54, 1.807) is 13.1 Å². The zero-order valence-corrected chi connectivity index (χ0v) is 18.4. The largest absolute Gasteiger partial charge is 0.491 e. The van der Waals surface area contributed by atoms with E-state index < -0.39 is 23.2 Å². The first-order chi connectivity index (χ1) is 15.8. The SMILES string of the molecule is CC(O)Cn1c(=O)[nH]c(=O)c2c1nc(-c1ccc(OCCCc3ccccc3)c(F)c1)n2C. The number of aromatic amines is 1. The van der Waals surface area contributed by atoms with E-state index >= 15 is 0 Å². The van der Waals surface area contributed by atoms with Gasteiger partial charge in [0.1, 0.15) is 5.82 Å². The summed E-state index contributed by atoms with van der Waals surface area (Å²) in [5, 5.41) is 9.72. The highest BCUT2D eigenvalue weighted by Crippen LogP contribution is 2.26. The Morgan fingerprint density at radius 2 is 1.94 bits per heavy atom. The highest BCUT2D eigenvalue weighted by atomic mass is 19.1. The molecule has 0 radical (unpaired) electrons. The summed E-state index contributed by atoms with van der Waals surface area (Å²) >= 11 is 0. The molecule has 0 spiro atoms. The minimum Gasteiger partial charge on any atom is -0.491 e. The summed E-state index contributed by atoms with van der Waals surface area (Å²) in [6.07, 6.45) is 0.765. The van der Waals surface area contributed by atoms with Crippen LogP contribution in [0.4, 0.5) is 4.39 Å². The summed E-state index contributed by atoms with van der Waals surface area (Å²) in [5.74, 6) is -0.0982. The molecule has 0 aliphatic heterocycles. The van der Waals surface area contributed by atoms with Crippen molar-refractivity contribution in [2.24, 2.45) is 7.05 Å². The number of imidazole rings is 1. The lowest BCUT2D eigenvalue weighted by molar-refractivity contribution is 0.173. The summed E-state index contributed by atoms with van der Waals surface area (Å²) in [5.41, 5.74) is 0.650. The maximum absolute atomic E-state index is 14.7. The van der Waals surface area contributed by atoms with Gasteiger partial charge < -0.3 is 14.4 Å². The minimum absolute atomic E-state index is 0.0350. The molecule has 2 aromatic heterocycles. The van der Waals surface area contributed by atoms with Gasteiger partial charge in [-0.2, -0.15) is 0 Å². The Balaban J connectivity index is 1.58. The fourth-order valence-corrected chi connectivity index (χ4v) is 3.80. The quantitative estimate of drug-likeness (QED) is 0.400. The highest BCUT2D eigenvalue weighted by Gasteiger charge is 2.19. The van der Waals surface area contributed by atoms with Crippen LogP contribution < -0.4 is 16.0 Å². The van der Waals surface area contributed by atoms with Crippen molar-refractivity contribution < 1.29 is 14.2 Å². The third kappa shape index (κ3) is 4.73. The molecule has 2 N–H and O–H groups in total. The van der Waals surface area contributed by atoms with Gasteiger partial charge in [0, 0.05) is 12.6 Å². The predicted octanol–water partition coefficient (Wildman–Crippen LogP) is 2.62. The first kappa shape index (κ1) is 22.5. The lowest BCUT2D eigenvalue weighted by Crippen LogP contribution is -2.33. The predicted molar refractivity (Wildman–Crippen MR) is 123 cm³/mol. The van der Waals surface area contributed by atoms with Gasteiger partial charge >= 0.3 is 5.69 Å². The van der Waals surface area contributed by atoms with Gasteiger partial charge in [-0.15, -0.1) is 0 Å². The summed E-state index contributed by atoms with van der Waals surface area (Å²) in [6.45, 7) is 1.87. The van der Waals surface area contributed by atoms with E-state index in [1.165, 1.54) is 33.8 Å². The molecular formula is C24H25FN4O4. The molecule has 2 heterocycles. The number of H-pyrrole nitrogens is 1. The van der Waals surface area contributed by atoms with Crippen molar-refractivity contribution in [2.75, 3.05) is 6.61 Å². The summed E-state index contributed by atoms with van der Waals surface area (Å²) in [6, 6.07) is 14.5. The Morgan fingerprint density at radius 1 is 1.18 bits per heavy atom. The van der Waals surface area contributed by atoms with Crippen molar-refractivity contribution in [3.63, 3.8) is 0 Å². The van der Waals surface area contributed by atoms with Crippen LogP contribution in [0, 0.1) is 5.82 Å². The van der Waals surface area contributed by atoms with E-state index in [4.69, 9.17) is 4.74 Å². The molecule has 2 aromatic carbocycles. The number of aromatic nitrogens is 4. The standard InChI is InChI=1S/C24H25FN4O4/c1-15(30)14-29-22-20(23(31)27-24(29)32)28(2)21(26-22)17-10-11-19(18(25)13-17)33-12-6-9-16-7-4-3-5-8-16/h3-5,7-8,10-11,13,15,30H,6,9,12,14H2,1-2H3,(H,27,31,32). The fourth-order valence-electron chi connectivity index (χ4n) is 3.80. The van der Waals surface area contributed by atoms with E-state index in [1.807, 2.05) is 30.3 Å². The van der Waals surface area contributed by atoms with Crippen molar-refractivity contribution in [1.29, 1.82) is 0 Å². The number of ether oxygens (including phenoxy) is 1. The number of nitrogens with one attached hydrogen (secondary N) is 1. The van der Waals surface area contributed by atoms with E-state index in [9.17, 15) is 19.1 Å². The topological polar surface area (TPSA) is 102 Å². The van der Waals surface area contributed by atoms with Crippen LogP contribution in [0.1, 0.15) is 18.9 Å². The van der Waals surface area contributed by atoms with Crippen LogP contribution in [-0.4, -0.2) is 36.9 Å². The molecule has 1 unspecified atom stereocenters. The first-order valence-corrected chi connectivity index (χ1v) is 10.7. The van der Waals surface area contributed by atoms with Gasteiger partial charge in [0.15, 0.2) is 22.7 Å². The van der Waals surface area contributed by atoms with Crippen LogP contribution in [0.5, 0.6) is 5.75 Å². The lowest BCUT2D eigenvalue weighted by atomic mass is 10.1. The van der Waals surface area contributed by atoms with Crippen molar-refractivity contribution in [3.8, 4) is 17.1 Å². The Kier molecular flexibility index (Phi) is 6.41. The van der Waals surface area contributed by atoms with Crippen molar-refractivity contribution >= 4 is 11.2 Å². The lowest BCUT2D eigenvalue weighted by Gasteiger charge is -2.09. The van der Waals surface area contributed by atoms with Crippen LogP contribution >= 0.6 is 0 Å². The third-order valence-electron chi connectivity index (χ3n) is 5.36. The molecule has 1 atom stereocenters. The van der Waals surface area contributed by atoms with E-state index in [-0.39, 0.29) is 23.5 Å². The molecular weight excluding hydrogens is 427 g/mol. The van der Waals surface area contributed by atoms with Crippen LogP contribution in [0.3, 0.4) is 0 Å². The maximum atomic E-state index is 14.7. The van der Waals surface area contributed by atoms with Crippen LogP contribution in [0.25, 0.3) is 22.6 Å². The van der Waals surface area contributed by atoms with Gasteiger partial charge in [0.2, 0.25) is 0 Å². The second kappa shape index (κ2) is 9.41. The van der Waals surface area contributed by atoms with Crippen LogP contribution in [0.2, 0.25) is 0 Å². The molecule has 4 aromatic rings. The summed E-state index contributed by atoms with van der Waals surface area (Å²) < 4.78 is 23.1. The smallest absolute Gasteiger partial charge is 0.330 e. The van der Waals surface area contributed by atoms with Crippen LogP contribution in [-0.2, 0) is 20.0 Å². The molecule has 0 bridgehead atoms. The normalized spacial score (nSPS) is 12.2. The number of aliphatic hydroxyl groups excluding tert-OH is 1. The average molecular weight is 452 g/mol. The Morgan fingerprint density at radius 3 is 2.64 bits per heavy atom. The third-order valence-corrected chi connectivity index (χ3v) is 5.36. The summed E-state index contributed by atoms with van der Waals surface area (Å²) in [4.78, 5) is 31.3. The Labute approximate surface area is 188 Å². The molecule has 0 amide bonds. The first-order valence-electron chi connectivity index (χ1n) is 10.7. The average Bonchev–Trinajstić information content (AvgIpc) is 3.13. The van der Waals surface area contributed by atoms with Gasteiger partial charge in [0.05, 0.1) is 19.3 Å². The number of rotatable bonds is 8. The number of aryl methyl sites for hydroxylation is 2. The van der Waals surface area contributed by atoms with Gasteiger partial charge in [-0.1, -0.05) is 30.3 Å². The Bertz CT molecular complexity index is 1390.